The number of benzene rings is 2. The van der Waals surface area contributed by atoms with Gasteiger partial charge in [-0.1, -0.05) is 24.3 Å². The Balaban J connectivity index is 1.79. The minimum absolute atomic E-state index is 0.0250. The second-order valence-electron chi connectivity index (χ2n) is 6.33. The Hall–Kier alpha value is -3.26. The molecule has 8 nitrogen and oxygen atoms in total. The van der Waals surface area contributed by atoms with Gasteiger partial charge in [0, 0.05) is 18.7 Å². The fourth-order valence-electron chi connectivity index (χ4n) is 2.92. The summed E-state index contributed by atoms with van der Waals surface area (Å²) in [5.74, 6) is -0.00522. The molecule has 2 aromatic rings. The molecule has 0 aromatic heterocycles. The van der Waals surface area contributed by atoms with E-state index < -0.39 is 4.92 Å². The number of hydrogen-bond donors (Lipinski definition) is 1. The van der Waals surface area contributed by atoms with Gasteiger partial charge in [0.25, 0.3) is 0 Å². The van der Waals surface area contributed by atoms with Gasteiger partial charge in [0.15, 0.2) is 12.0 Å². The minimum atomic E-state index is -0.628. The highest BCUT2D eigenvalue weighted by atomic mass is 16.6. The van der Waals surface area contributed by atoms with Crippen LogP contribution < -0.4 is 9.64 Å². The number of nitrogens with zero attached hydrogens (tertiary/aromatic N) is 2. The Labute approximate surface area is 168 Å². The number of carbonyl (C=O) groups excluding carboxylic acids is 2. The van der Waals surface area contributed by atoms with Crippen LogP contribution in [0.4, 0.5) is 11.4 Å². The van der Waals surface area contributed by atoms with Gasteiger partial charge in [-0.25, -0.2) is 0 Å². The molecule has 8 heteroatoms. The fourth-order valence-corrected chi connectivity index (χ4v) is 2.92. The standard InChI is InChI=1S/C21H24N2O6/c24-14-13-22(18-9-3-1-4-10-18)20(26)12-5-2-6-15-29-19-11-7-8-17(16-25)21(19)23(27)28/h1,3-4,7-11,16,24H,2,5-6,12-15H2. The molecular weight excluding hydrogens is 376 g/mol. The van der Waals surface area contributed by atoms with Crippen molar-refractivity contribution in [2.75, 3.05) is 24.7 Å². The highest BCUT2D eigenvalue weighted by Gasteiger charge is 2.20. The van der Waals surface area contributed by atoms with Gasteiger partial charge in [-0.15, -0.1) is 0 Å². The number of rotatable bonds is 12. The van der Waals surface area contributed by atoms with Gasteiger partial charge in [-0.2, -0.15) is 0 Å². The molecule has 0 radical (unpaired) electrons. The number of nitro benzene ring substituents is 1. The first-order chi connectivity index (χ1) is 14.1. The number of unbranched alkanes of at least 4 members (excludes halogenated alkanes) is 2. The fraction of sp³-hybridized carbons (Fsp3) is 0.333. The predicted octanol–water partition coefficient (Wildman–Crippen LogP) is 3.37. The number of amides is 1. The zero-order chi connectivity index (χ0) is 21.1. The molecule has 1 N–H and O–H groups in total. The summed E-state index contributed by atoms with van der Waals surface area (Å²) in [6, 6.07) is 13.5. The van der Waals surface area contributed by atoms with Crippen molar-refractivity contribution in [3.05, 3.63) is 64.2 Å². The largest absolute Gasteiger partial charge is 0.487 e. The number of anilines is 1. The lowest BCUT2D eigenvalue weighted by Gasteiger charge is -2.22. The zero-order valence-electron chi connectivity index (χ0n) is 16.0. The monoisotopic (exact) mass is 400 g/mol. The van der Waals surface area contributed by atoms with E-state index in [0.29, 0.717) is 32.0 Å². The van der Waals surface area contributed by atoms with Crippen LogP contribution in [0.3, 0.4) is 0 Å². The Bertz CT molecular complexity index is 825. The third kappa shape index (κ3) is 6.39. The topological polar surface area (TPSA) is 110 Å². The predicted molar refractivity (Wildman–Crippen MR) is 108 cm³/mol. The molecule has 154 valence electrons. The van der Waals surface area contributed by atoms with Crippen molar-refractivity contribution in [1.82, 2.24) is 0 Å². The maximum absolute atomic E-state index is 12.5. The van der Waals surface area contributed by atoms with E-state index in [2.05, 4.69) is 0 Å². The SMILES string of the molecule is O=Cc1cccc(OCCCCCC(=O)N(CCO)c2ccccc2)c1[N+](=O)[O-]. The number of carbonyl (C=O) groups is 2. The Morgan fingerprint density at radius 3 is 2.52 bits per heavy atom. The Kier molecular flexibility index (Phi) is 8.78. The average molecular weight is 400 g/mol. The van der Waals surface area contributed by atoms with Gasteiger partial charge in [-0.3, -0.25) is 19.7 Å². The van der Waals surface area contributed by atoms with Crippen molar-refractivity contribution < 1.29 is 24.4 Å². The molecule has 0 aliphatic heterocycles. The van der Waals surface area contributed by atoms with Crippen LogP contribution in [0.15, 0.2) is 48.5 Å². The first kappa shape index (κ1) is 22.0. The molecule has 0 saturated heterocycles. The lowest BCUT2D eigenvalue weighted by atomic mass is 10.1. The van der Waals surface area contributed by atoms with Crippen LogP contribution >= 0.6 is 0 Å². The van der Waals surface area contributed by atoms with Crippen molar-refractivity contribution in [3.63, 3.8) is 0 Å². The van der Waals surface area contributed by atoms with Crippen LogP contribution in [0.1, 0.15) is 36.0 Å². The molecule has 0 saturated carbocycles. The Morgan fingerprint density at radius 1 is 1.10 bits per heavy atom. The van der Waals surface area contributed by atoms with Crippen molar-refractivity contribution in [1.29, 1.82) is 0 Å². The summed E-state index contributed by atoms with van der Waals surface area (Å²) in [6.07, 6.45) is 2.71. The van der Waals surface area contributed by atoms with Crippen molar-refractivity contribution >= 4 is 23.6 Å². The van der Waals surface area contributed by atoms with Gasteiger partial charge in [-0.05, 0) is 43.5 Å². The average Bonchev–Trinajstić information content (AvgIpc) is 2.74. The van der Waals surface area contributed by atoms with E-state index in [-0.39, 0.29) is 42.7 Å². The van der Waals surface area contributed by atoms with Gasteiger partial charge in [0.1, 0.15) is 0 Å². The number of nitro groups is 1. The molecular formula is C21H24N2O6. The Morgan fingerprint density at radius 2 is 1.86 bits per heavy atom. The van der Waals surface area contributed by atoms with E-state index in [1.54, 1.807) is 4.90 Å². The number of aldehydes is 1. The normalized spacial score (nSPS) is 10.4. The second-order valence-corrected chi connectivity index (χ2v) is 6.33. The minimum Gasteiger partial charge on any atom is -0.487 e. The molecule has 2 rings (SSSR count). The lowest BCUT2D eigenvalue weighted by Crippen LogP contribution is -2.33. The van der Waals surface area contributed by atoms with Gasteiger partial charge in [0.05, 0.1) is 23.7 Å². The van der Waals surface area contributed by atoms with Gasteiger partial charge < -0.3 is 14.7 Å². The van der Waals surface area contributed by atoms with E-state index in [9.17, 15) is 24.8 Å². The van der Waals surface area contributed by atoms with Crippen LogP contribution in [-0.4, -0.2) is 42.0 Å². The number of ether oxygens (including phenoxy) is 1. The van der Waals surface area contributed by atoms with E-state index in [1.165, 1.54) is 18.2 Å². The third-order valence-corrected chi connectivity index (χ3v) is 4.32. The number of hydrogen-bond acceptors (Lipinski definition) is 6. The maximum atomic E-state index is 12.5. The zero-order valence-corrected chi connectivity index (χ0v) is 16.0. The summed E-state index contributed by atoms with van der Waals surface area (Å²) in [5, 5.41) is 20.4. The van der Waals surface area contributed by atoms with Gasteiger partial charge >= 0.3 is 5.69 Å². The lowest BCUT2D eigenvalue weighted by molar-refractivity contribution is -0.386. The van der Waals surface area contributed by atoms with Crippen LogP contribution in [0, 0.1) is 10.1 Å². The molecule has 0 fully saturated rings. The van der Waals surface area contributed by atoms with Crippen molar-refractivity contribution in [2.45, 2.75) is 25.7 Å². The van der Waals surface area contributed by atoms with Crippen molar-refractivity contribution in [3.8, 4) is 5.75 Å². The molecule has 0 atom stereocenters. The van der Waals surface area contributed by atoms with E-state index >= 15 is 0 Å². The highest BCUT2D eigenvalue weighted by molar-refractivity contribution is 5.93. The summed E-state index contributed by atoms with van der Waals surface area (Å²) >= 11 is 0. The molecule has 0 unspecified atom stereocenters. The first-order valence-electron chi connectivity index (χ1n) is 9.40. The molecule has 0 bridgehead atoms. The second kappa shape index (κ2) is 11.6. The number of para-hydroxylation sites is 2. The molecule has 0 aliphatic carbocycles. The van der Waals surface area contributed by atoms with Crippen LogP contribution in [-0.2, 0) is 4.79 Å². The summed E-state index contributed by atoms with van der Waals surface area (Å²) in [5.41, 5.74) is 0.389. The van der Waals surface area contributed by atoms with Crippen molar-refractivity contribution in [2.24, 2.45) is 0 Å². The quantitative estimate of drug-likeness (QED) is 0.253. The summed E-state index contributed by atoms with van der Waals surface area (Å²) in [6.45, 7) is 0.367. The summed E-state index contributed by atoms with van der Waals surface area (Å²) < 4.78 is 5.47. The molecule has 0 spiro atoms. The van der Waals surface area contributed by atoms with Crippen LogP contribution in [0.2, 0.25) is 0 Å². The smallest absolute Gasteiger partial charge is 0.321 e. The van der Waals surface area contributed by atoms with Gasteiger partial charge in [0.2, 0.25) is 5.91 Å². The summed E-state index contributed by atoms with van der Waals surface area (Å²) in [7, 11) is 0. The molecule has 29 heavy (non-hydrogen) atoms. The third-order valence-electron chi connectivity index (χ3n) is 4.32. The van der Waals surface area contributed by atoms with E-state index in [0.717, 1.165) is 5.69 Å². The van der Waals surface area contributed by atoms with E-state index in [4.69, 9.17) is 4.74 Å². The number of aliphatic hydroxyl groups excluding tert-OH is 1. The van der Waals surface area contributed by atoms with E-state index in [1.807, 2.05) is 30.3 Å². The molecule has 2 aromatic carbocycles. The molecule has 0 aliphatic rings. The molecule has 1 amide bonds. The van der Waals surface area contributed by atoms with Crippen LogP contribution in [0.5, 0.6) is 5.75 Å². The van der Waals surface area contributed by atoms with Crippen LogP contribution in [0.25, 0.3) is 0 Å². The summed E-state index contributed by atoms with van der Waals surface area (Å²) in [4.78, 5) is 35.5. The number of aliphatic hydroxyl groups is 1. The molecule has 0 heterocycles. The first-order valence-corrected chi connectivity index (χ1v) is 9.40. The highest BCUT2D eigenvalue weighted by Crippen LogP contribution is 2.30. The maximum Gasteiger partial charge on any atom is 0.321 e.